The fourth-order valence-electron chi connectivity index (χ4n) is 0.606. The molecule has 0 saturated carbocycles. The van der Waals surface area contributed by atoms with Crippen LogP contribution in [0.4, 0.5) is 0 Å². The molecule has 0 fully saturated rings. The van der Waals surface area contributed by atoms with Gasteiger partial charge in [-0.2, -0.15) is 12.6 Å². The second kappa shape index (κ2) is 5.40. The summed E-state index contributed by atoms with van der Waals surface area (Å²) in [4.78, 5) is 10.8. The molecule has 0 aromatic carbocycles. The maximum absolute atomic E-state index is 10.8. The van der Waals surface area contributed by atoms with Gasteiger partial charge in [-0.25, -0.2) is 0 Å². The molecule has 11 heavy (non-hydrogen) atoms. The Labute approximate surface area is 71.7 Å². The van der Waals surface area contributed by atoms with E-state index in [2.05, 4.69) is 17.4 Å². The summed E-state index contributed by atoms with van der Waals surface area (Å²) in [6.45, 7) is 2.07. The van der Waals surface area contributed by atoms with Gasteiger partial charge in [-0.1, -0.05) is 0 Å². The first-order chi connectivity index (χ1) is 5.07. The van der Waals surface area contributed by atoms with E-state index >= 15 is 0 Å². The van der Waals surface area contributed by atoms with Gasteiger partial charge in [-0.3, -0.25) is 4.79 Å². The number of hydrogen-bond acceptors (Lipinski definition) is 5. The SMILES string of the molecule is CCOC(=O)C(N)CC(N)S. The lowest BCUT2D eigenvalue weighted by atomic mass is 10.2. The molecule has 0 aliphatic carbocycles. The summed E-state index contributed by atoms with van der Waals surface area (Å²) < 4.78 is 4.65. The predicted molar refractivity (Wildman–Crippen MR) is 46.2 cm³/mol. The molecular weight excluding hydrogens is 164 g/mol. The minimum absolute atomic E-state index is 0.335. The van der Waals surface area contributed by atoms with Gasteiger partial charge in [0.1, 0.15) is 6.04 Å². The molecule has 0 amide bonds. The van der Waals surface area contributed by atoms with Crippen molar-refractivity contribution in [2.45, 2.75) is 24.8 Å². The van der Waals surface area contributed by atoms with Crippen LogP contribution in [0.1, 0.15) is 13.3 Å². The molecule has 0 aliphatic heterocycles. The first-order valence-electron chi connectivity index (χ1n) is 3.43. The second-order valence-electron chi connectivity index (χ2n) is 2.16. The van der Waals surface area contributed by atoms with Crippen LogP contribution >= 0.6 is 12.6 Å². The van der Waals surface area contributed by atoms with Gasteiger partial charge in [-0.15, -0.1) is 0 Å². The summed E-state index contributed by atoms with van der Waals surface area (Å²) in [5.41, 5.74) is 10.7. The zero-order valence-corrected chi connectivity index (χ0v) is 7.38. The van der Waals surface area contributed by atoms with E-state index in [1.165, 1.54) is 0 Å². The van der Waals surface area contributed by atoms with Crippen LogP contribution in [0, 0.1) is 0 Å². The lowest BCUT2D eigenvalue weighted by molar-refractivity contribution is -0.144. The topological polar surface area (TPSA) is 78.3 Å². The standard InChI is InChI=1S/C6H14N2O2S/c1-2-10-6(9)4(7)3-5(8)11/h4-5,11H,2-3,7-8H2,1H3. The van der Waals surface area contributed by atoms with Gasteiger partial charge in [0.2, 0.25) is 0 Å². The number of esters is 1. The smallest absolute Gasteiger partial charge is 0.322 e. The van der Waals surface area contributed by atoms with Crippen molar-refractivity contribution in [1.29, 1.82) is 0 Å². The Kier molecular flexibility index (Phi) is 5.27. The summed E-state index contributed by atoms with van der Waals surface area (Å²) >= 11 is 3.89. The quantitative estimate of drug-likeness (QED) is 0.307. The molecule has 0 spiro atoms. The van der Waals surface area contributed by atoms with Crippen molar-refractivity contribution in [3.05, 3.63) is 0 Å². The molecule has 5 heteroatoms. The summed E-state index contributed by atoms with van der Waals surface area (Å²) in [6, 6.07) is -0.651. The van der Waals surface area contributed by atoms with Crippen LogP contribution < -0.4 is 11.5 Å². The highest BCUT2D eigenvalue weighted by Gasteiger charge is 2.15. The second-order valence-corrected chi connectivity index (χ2v) is 2.82. The zero-order valence-electron chi connectivity index (χ0n) is 6.49. The van der Waals surface area contributed by atoms with Gasteiger partial charge >= 0.3 is 5.97 Å². The van der Waals surface area contributed by atoms with Gasteiger partial charge in [-0.05, 0) is 13.3 Å². The average molecular weight is 178 g/mol. The fourth-order valence-corrected chi connectivity index (χ4v) is 0.833. The highest BCUT2D eigenvalue weighted by molar-refractivity contribution is 7.80. The lowest BCUT2D eigenvalue weighted by Crippen LogP contribution is -2.36. The summed E-state index contributed by atoms with van der Waals surface area (Å²) in [6.07, 6.45) is 0.335. The molecule has 2 unspecified atom stereocenters. The van der Waals surface area contributed by atoms with Crippen LogP contribution in [0.25, 0.3) is 0 Å². The molecule has 4 N–H and O–H groups in total. The van der Waals surface area contributed by atoms with Crippen molar-refractivity contribution in [2.75, 3.05) is 6.61 Å². The Morgan fingerprint density at radius 3 is 2.55 bits per heavy atom. The van der Waals surface area contributed by atoms with Crippen LogP contribution in [-0.2, 0) is 9.53 Å². The number of carbonyl (C=O) groups is 1. The van der Waals surface area contributed by atoms with Crippen molar-refractivity contribution in [3.8, 4) is 0 Å². The third-order valence-corrected chi connectivity index (χ3v) is 1.30. The predicted octanol–water partition coefficient (Wildman–Crippen LogP) is -0.518. The van der Waals surface area contributed by atoms with Crippen molar-refractivity contribution in [2.24, 2.45) is 11.5 Å². The summed E-state index contributed by atoms with van der Waals surface area (Å²) in [7, 11) is 0. The first kappa shape index (κ1) is 10.7. The third kappa shape index (κ3) is 5.06. The van der Waals surface area contributed by atoms with Gasteiger partial charge in [0.25, 0.3) is 0 Å². The van der Waals surface area contributed by atoms with E-state index in [1.54, 1.807) is 6.92 Å². The number of nitrogens with two attached hydrogens (primary N) is 2. The summed E-state index contributed by atoms with van der Waals surface area (Å²) in [5.74, 6) is -0.419. The Hall–Kier alpha value is -0.260. The van der Waals surface area contributed by atoms with Crippen LogP contribution in [0.2, 0.25) is 0 Å². The average Bonchev–Trinajstić information content (AvgIpc) is 1.86. The van der Waals surface area contributed by atoms with Crippen LogP contribution in [-0.4, -0.2) is 24.0 Å². The molecular formula is C6H14N2O2S. The Bertz CT molecular complexity index is 130. The van der Waals surface area contributed by atoms with E-state index in [1.807, 2.05) is 0 Å². The third-order valence-electron chi connectivity index (χ3n) is 1.08. The molecule has 0 aliphatic rings. The monoisotopic (exact) mass is 178 g/mol. The molecule has 2 atom stereocenters. The first-order valence-corrected chi connectivity index (χ1v) is 3.95. The van der Waals surface area contributed by atoms with Crippen LogP contribution in [0.15, 0.2) is 0 Å². The van der Waals surface area contributed by atoms with E-state index in [4.69, 9.17) is 11.5 Å². The van der Waals surface area contributed by atoms with E-state index in [0.29, 0.717) is 13.0 Å². The Balaban J connectivity index is 3.64. The highest BCUT2D eigenvalue weighted by atomic mass is 32.1. The Morgan fingerprint density at radius 2 is 2.18 bits per heavy atom. The maximum atomic E-state index is 10.8. The van der Waals surface area contributed by atoms with Crippen molar-refractivity contribution >= 4 is 18.6 Å². The number of rotatable bonds is 4. The molecule has 0 aromatic heterocycles. The molecule has 0 bridgehead atoms. The van der Waals surface area contributed by atoms with Gasteiger partial charge < -0.3 is 16.2 Å². The van der Waals surface area contributed by atoms with Gasteiger partial charge in [0.05, 0.1) is 6.61 Å². The lowest BCUT2D eigenvalue weighted by Gasteiger charge is -2.11. The Morgan fingerprint density at radius 1 is 1.64 bits per heavy atom. The molecule has 0 saturated heterocycles. The molecule has 0 heterocycles. The number of thiol groups is 1. The largest absolute Gasteiger partial charge is 0.465 e. The minimum atomic E-state index is -0.651. The number of ether oxygens (including phenoxy) is 1. The van der Waals surface area contributed by atoms with E-state index < -0.39 is 12.0 Å². The number of carbonyl (C=O) groups excluding carboxylic acids is 1. The summed E-state index contributed by atoms with van der Waals surface area (Å²) in [5, 5.41) is -0.366. The van der Waals surface area contributed by atoms with Crippen LogP contribution in [0.5, 0.6) is 0 Å². The molecule has 0 rings (SSSR count). The van der Waals surface area contributed by atoms with Gasteiger partial charge in [0.15, 0.2) is 0 Å². The molecule has 0 radical (unpaired) electrons. The van der Waals surface area contributed by atoms with E-state index in [0.717, 1.165) is 0 Å². The van der Waals surface area contributed by atoms with E-state index in [-0.39, 0.29) is 5.37 Å². The molecule has 4 nitrogen and oxygen atoms in total. The minimum Gasteiger partial charge on any atom is -0.465 e. The number of hydrogen-bond donors (Lipinski definition) is 3. The fraction of sp³-hybridized carbons (Fsp3) is 0.833. The molecule has 66 valence electrons. The molecule has 0 aromatic rings. The van der Waals surface area contributed by atoms with Gasteiger partial charge in [0, 0.05) is 5.37 Å². The van der Waals surface area contributed by atoms with Crippen molar-refractivity contribution < 1.29 is 9.53 Å². The highest BCUT2D eigenvalue weighted by Crippen LogP contribution is 1.98. The maximum Gasteiger partial charge on any atom is 0.322 e. The van der Waals surface area contributed by atoms with Crippen molar-refractivity contribution in [1.82, 2.24) is 0 Å². The van der Waals surface area contributed by atoms with Crippen molar-refractivity contribution in [3.63, 3.8) is 0 Å². The normalized spacial score (nSPS) is 15.6. The van der Waals surface area contributed by atoms with E-state index in [9.17, 15) is 4.79 Å². The zero-order chi connectivity index (χ0) is 8.85. The van der Waals surface area contributed by atoms with Crippen LogP contribution in [0.3, 0.4) is 0 Å².